The van der Waals surface area contributed by atoms with Gasteiger partial charge in [0.15, 0.2) is 5.78 Å². The highest BCUT2D eigenvalue weighted by Crippen LogP contribution is 2.48. The van der Waals surface area contributed by atoms with Gasteiger partial charge in [0.05, 0.1) is 0 Å². The fourth-order valence-corrected chi connectivity index (χ4v) is 3.52. The lowest BCUT2D eigenvalue weighted by molar-refractivity contribution is -0.124. The predicted molar refractivity (Wildman–Crippen MR) is 73.3 cm³/mol. The van der Waals surface area contributed by atoms with Gasteiger partial charge in [0.1, 0.15) is 0 Å². The molecule has 0 fully saturated rings. The molecule has 2 aliphatic rings. The molecule has 0 N–H and O–H groups in total. The van der Waals surface area contributed by atoms with Gasteiger partial charge in [0.25, 0.3) is 0 Å². The number of allylic oxidation sites excluding steroid dienone is 4. The summed E-state index contributed by atoms with van der Waals surface area (Å²) >= 11 is 0. The first-order valence-electron chi connectivity index (χ1n) is 6.86. The molecular weight excluding hydrogens is 224 g/mol. The molecule has 0 spiro atoms. The fourth-order valence-electron chi connectivity index (χ4n) is 3.52. The van der Waals surface area contributed by atoms with Gasteiger partial charge in [-0.25, -0.2) is 0 Å². The van der Waals surface area contributed by atoms with E-state index in [1.165, 1.54) is 5.57 Å². The Kier molecular flexibility index (Phi) is 3.76. The van der Waals surface area contributed by atoms with Gasteiger partial charge in [0.2, 0.25) is 0 Å². The van der Waals surface area contributed by atoms with Gasteiger partial charge in [-0.1, -0.05) is 31.6 Å². The van der Waals surface area contributed by atoms with E-state index in [-0.39, 0.29) is 11.3 Å². The molecule has 0 aromatic heterocycles. The van der Waals surface area contributed by atoms with Crippen molar-refractivity contribution in [1.82, 2.24) is 0 Å². The molecule has 0 heterocycles. The van der Waals surface area contributed by atoms with Crippen LogP contribution in [0.3, 0.4) is 0 Å². The second kappa shape index (κ2) is 5.00. The highest BCUT2D eigenvalue weighted by molar-refractivity contribution is 5.93. The Bertz CT molecular complexity index is 390. The SMILES string of the molecule is COCC[C@H]1C(C)=CC[C@@H]2[C@H]1C(=O)C=CC2(C)C. The van der Waals surface area contributed by atoms with E-state index < -0.39 is 0 Å². The summed E-state index contributed by atoms with van der Waals surface area (Å²) in [5.41, 5.74) is 1.49. The van der Waals surface area contributed by atoms with Gasteiger partial charge < -0.3 is 4.74 Å². The molecule has 100 valence electrons. The average molecular weight is 248 g/mol. The van der Waals surface area contributed by atoms with Crippen LogP contribution in [0.1, 0.15) is 33.6 Å². The number of hydrogen-bond donors (Lipinski definition) is 0. The van der Waals surface area contributed by atoms with E-state index in [2.05, 4.69) is 32.9 Å². The average Bonchev–Trinajstić information content (AvgIpc) is 2.32. The molecule has 2 aliphatic carbocycles. The van der Waals surface area contributed by atoms with E-state index >= 15 is 0 Å². The molecule has 2 rings (SSSR count). The molecule has 0 unspecified atom stereocenters. The molecule has 0 amide bonds. The van der Waals surface area contributed by atoms with Crippen LogP contribution in [0, 0.1) is 23.2 Å². The summed E-state index contributed by atoms with van der Waals surface area (Å²) < 4.78 is 5.20. The summed E-state index contributed by atoms with van der Waals surface area (Å²) in [5.74, 6) is 1.28. The molecular formula is C16H24O2. The highest BCUT2D eigenvalue weighted by Gasteiger charge is 2.45. The Morgan fingerprint density at radius 1 is 1.44 bits per heavy atom. The number of carbonyl (C=O) groups excluding carboxylic acids is 1. The van der Waals surface area contributed by atoms with Crippen molar-refractivity contribution in [1.29, 1.82) is 0 Å². The van der Waals surface area contributed by atoms with Crippen LogP contribution in [0.4, 0.5) is 0 Å². The first-order chi connectivity index (χ1) is 8.47. The second-order valence-corrected chi connectivity index (χ2v) is 6.26. The van der Waals surface area contributed by atoms with Crippen molar-refractivity contribution in [3.05, 3.63) is 23.8 Å². The smallest absolute Gasteiger partial charge is 0.159 e. The number of carbonyl (C=O) groups is 1. The maximum Gasteiger partial charge on any atom is 0.159 e. The molecule has 18 heavy (non-hydrogen) atoms. The van der Waals surface area contributed by atoms with Crippen LogP contribution in [0.5, 0.6) is 0 Å². The second-order valence-electron chi connectivity index (χ2n) is 6.26. The van der Waals surface area contributed by atoms with Crippen molar-refractivity contribution in [2.45, 2.75) is 33.6 Å². The minimum atomic E-state index is 0.126. The van der Waals surface area contributed by atoms with Crippen molar-refractivity contribution >= 4 is 5.78 Å². The van der Waals surface area contributed by atoms with Crippen LogP contribution in [-0.2, 0) is 9.53 Å². The molecule has 3 atom stereocenters. The molecule has 2 nitrogen and oxygen atoms in total. The van der Waals surface area contributed by atoms with Gasteiger partial charge in [-0.3, -0.25) is 4.79 Å². The lowest BCUT2D eigenvalue weighted by atomic mass is 9.58. The van der Waals surface area contributed by atoms with Gasteiger partial charge >= 0.3 is 0 Å². The maximum absolute atomic E-state index is 12.3. The molecule has 0 bridgehead atoms. The van der Waals surface area contributed by atoms with Gasteiger partial charge in [-0.05, 0) is 43.1 Å². The normalized spacial score (nSPS) is 34.1. The minimum Gasteiger partial charge on any atom is -0.385 e. The zero-order valence-electron chi connectivity index (χ0n) is 11.9. The van der Waals surface area contributed by atoms with E-state index in [0.717, 1.165) is 19.4 Å². The minimum absolute atomic E-state index is 0.126. The summed E-state index contributed by atoms with van der Waals surface area (Å²) in [4.78, 5) is 12.3. The van der Waals surface area contributed by atoms with Crippen molar-refractivity contribution in [2.75, 3.05) is 13.7 Å². The number of rotatable bonds is 3. The molecule has 0 saturated carbocycles. The molecule has 0 saturated heterocycles. The van der Waals surface area contributed by atoms with Crippen molar-refractivity contribution in [3.63, 3.8) is 0 Å². The van der Waals surface area contributed by atoms with Gasteiger partial charge in [-0.2, -0.15) is 0 Å². The Morgan fingerprint density at radius 2 is 2.17 bits per heavy atom. The van der Waals surface area contributed by atoms with E-state index in [0.29, 0.717) is 17.6 Å². The Labute approximate surface area is 110 Å². The Hall–Kier alpha value is -0.890. The first kappa shape index (κ1) is 13.5. The van der Waals surface area contributed by atoms with Crippen LogP contribution >= 0.6 is 0 Å². The van der Waals surface area contributed by atoms with Crippen LogP contribution in [-0.4, -0.2) is 19.5 Å². The Balaban J connectivity index is 2.30. The zero-order chi connectivity index (χ0) is 13.3. The van der Waals surface area contributed by atoms with Crippen LogP contribution in [0.25, 0.3) is 0 Å². The summed E-state index contributed by atoms with van der Waals surface area (Å²) in [6.45, 7) is 7.39. The van der Waals surface area contributed by atoms with Crippen molar-refractivity contribution < 1.29 is 9.53 Å². The van der Waals surface area contributed by atoms with Crippen LogP contribution < -0.4 is 0 Å². The van der Waals surface area contributed by atoms with Crippen molar-refractivity contribution in [2.24, 2.45) is 23.2 Å². The largest absolute Gasteiger partial charge is 0.385 e. The third-order valence-corrected chi connectivity index (χ3v) is 4.74. The Morgan fingerprint density at radius 3 is 2.83 bits per heavy atom. The fraction of sp³-hybridized carbons (Fsp3) is 0.688. The summed E-state index contributed by atoms with van der Waals surface area (Å²) in [5, 5.41) is 0. The molecule has 0 radical (unpaired) electrons. The topological polar surface area (TPSA) is 26.3 Å². The third kappa shape index (κ3) is 2.31. The summed E-state index contributed by atoms with van der Waals surface area (Å²) in [6, 6.07) is 0. The lowest BCUT2D eigenvalue weighted by Crippen LogP contribution is -2.43. The summed E-state index contributed by atoms with van der Waals surface area (Å²) in [6.07, 6.45) is 8.21. The maximum atomic E-state index is 12.3. The monoisotopic (exact) mass is 248 g/mol. The van der Waals surface area contributed by atoms with E-state index in [9.17, 15) is 4.79 Å². The number of ketones is 1. The van der Waals surface area contributed by atoms with Gasteiger partial charge in [-0.15, -0.1) is 0 Å². The van der Waals surface area contributed by atoms with Crippen molar-refractivity contribution in [3.8, 4) is 0 Å². The quantitative estimate of drug-likeness (QED) is 0.716. The number of ether oxygens (including phenoxy) is 1. The molecule has 0 aromatic carbocycles. The number of fused-ring (bicyclic) bond motifs is 1. The predicted octanol–water partition coefficient (Wildman–Crippen LogP) is 3.39. The standard InChI is InChI=1S/C16H24O2/c1-11-5-6-13-15(12(11)8-10-18-4)14(17)7-9-16(13,2)3/h5,7,9,12-13,15H,6,8,10H2,1-4H3/t12-,13+,15-/m0/s1. The van der Waals surface area contributed by atoms with E-state index in [4.69, 9.17) is 4.74 Å². The molecule has 2 heteroatoms. The molecule has 0 aliphatic heterocycles. The zero-order valence-corrected chi connectivity index (χ0v) is 11.9. The summed E-state index contributed by atoms with van der Waals surface area (Å²) in [7, 11) is 1.73. The lowest BCUT2D eigenvalue weighted by Gasteiger charge is -2.45. The first-order valence-corrected chi connectivity index (χ1v) is 6.86. The van der Waals surface area contributed by atoms with Crippen LogP contribution in [0.15, 0.2) is 23.8 Å². The van der Waals surface area contributed by atoms with Crippen LogP contribution in [0.2, 0.25) is 0 Å². The van der Waals surface area contributed by atoms with Gasteiger partial charge in [0, 0.05) is 19.6 Å². The van der Waals surface area contributed by atoms with E-state index in [1.54, 1.807) is 13.2 Å². The van der Waals surface area contributed by atoms with E-state index in [1.807, 2.05) is 0 Å². The molecule has 0 aromatic rings. The number of hydrogen-bond acceptors (Lipinski definition) is 2. The highest BCUT2D eigenvalue weighted by atomic mass is 16.5. The third-order valence-electron chi connectivity index (χ3n) is 4.74. The number of methoxy groups -OCH3 is 1.